The lowest BCUT2D eigenvalue weighted by Gasteiger charge is -2.37. The van der Waals surface area contributed by atoms with Gasteiger partial charge in [-0.05, 0) is 56.6 Å². The molecule has 0 amide bonds. The third kappa shape index (κ3) is 6.23. The van der Waals surface area contributed by atoms with Crippen LogP contribution in [-0.4, -0.2) is 36.9 Å². The lowest BCUT2D eigenvalue weighted by Crippen LogP contribution is -3.00. The second-order valence-electron chi connectivity index (χ2n) is 6.93. The SMILES string of the molecule is CC1C=CC(CCCCC[N+]2(C)CCCCC2)=CC1=O.[I-]. The number of quaternary nitrogens is 1. The molecule has 1 atom stereocenters. The highest BCUT2D eigenvalue weighted by Gasteiger charge is 2.23. The van der Waals surface area contributed by atoms with E-state index in [1.807, 2.05) is 19.1 Å². The highest BCUT2D eigenvalue weighted by molar-refractivity contribution is 5.95. The van der Waals surface area contributed by atoms with Crippen molar-refractivity contribution in [1.29, 1.82) is 0 Å². The van der Waals surface area contributed by atoms with Crippen LogP contribution < -0.4 is 24.0 Å². The van der Waals surface area contributed by atoms with Crippen molar-refractivity contribution in [3.8, 4) is 0 Å². The van der Waals surface area contributed by atoms with Crippen molar-refractivity contribution < 1.29 is 33.3 Å². The molecular formula is C18H30INO. The number of rotatable bonds is 6. The first-order valence-corrected chi connectivity index (χ1v) is 8.35. The van der Waals surface area contributed by atoms with Gasteiger partial charge < -0.3 is 28.5 Å². The van der Waals surface area contributed by atoms with Gasteiger partial charge in [0.2, 0.25) is 0 Å². The van der Waals surface area contributed by atoms with Crippen LogP contribution in [0.2, 0.25) is 0 Å². The second kappa shape index (κ2) is 9.09. The predicted octanol–water partition coefficient (Wildman–Crippen LogP) is 0.883. The zero-order valence-corrected chi connectivity index (χ0v) is 15.8. The molecule has 0 bridgehead atoms. The van der Waals surface area contributed by atoms with Crippen molar-refractivity contribution in [2.75, 3.05) is 26.7 Å². The van der Waals surface area contributed by atoms with Gasteiger partial charge in [-0.3, -0.25) is 4.79 Å². The molecule has 120 valence electrons. The predicted molar refractivity (Wildman–Crippen MR) is 84.5 cm³/mol. The summed E-state index contributed by atoms with van der Waals surface area (Å²) in [5.41, 5.74) is 1.23. The average molecular weight is 403 g/mol. The standard InChI is InChI=1S/C18H30NO.HI/c1-16-10-11-17(15-18(16)20)9-5-3-6-12-19(2)13-7-4-8-14-19;/h10-11,15-16H,3-9,12-14H2,1-2H3;1H/q+1;/p-1. The van der Waals surface area contributed by atoms with Gasteiger partial charge in [-0.25, -0.2) is 0 Å². The Kier molecular flexibility index (Phi) is 8.17. The first-order valence-electron chi connectivity index (χ1n) is 8.35. The van der Waals surface area contributed by atoms with Gasteiger partial charge in [0.15, 0.2) is 5.78 Å². The van der Waals surface area contributed by atoms with Crippen LogP contribution >= 0.6 is 0 Å². The summed E-state index contributed by atoms with van der Waals surface area (Å²) in [7, 11) is 2.42. The molecule has 1 aliphatic heterocycles. The molecular weight excluding hydrogens is 373 g/mol. The minimum atomic E-state index is 0. The van der Waals surface area contributed by atoms with Gasteiger partial charge in [-0.2, -0.15) is 0 Å². The minimum absolute atomic E-state index is 0. The van der Waals surface area contributed by atoms with Crippen molar-refractivity contribution >= 4 is 5.78 Å². The molecule has 0 aromatic heterocycles. The summed E-state index contributed by atoms with van der Waals surface area (Å²) in [6.07, 6.45) is 15.2. The van der Waals surface area contributed by atoms with Crippen molar-refractivity contribution in [2.45, 2.75) is 51.9 Å². The van der Waals surface area contributed by atoms with E-state index in [-0.39, 0.29) is 35.7 Å². The fraction of sp³-hybridized carbons (Fsp3) is 0.722. The van der Waals surface area contributed by atoms with Crippen LogP contribution in [0.1, 0.15) is 51.9 Å². The van der Waals surface area contributed by atoms with E-state index in [0.717, 1.165) is 6.42 Å². The minimum Gasteiger partial charge on any atom is -1.00 e. The van der Waals surface area contributed by atoms with Crippen molar-refractivity contribution in [3.05, 3.63) is 23.8 Å². The van der Waals surface area contributed by atoms with Crippen LogP contribution in [0.4, 0.5) is 0 Å². The molecule has 2 rings (SSSR count). The van der Waals surface area contributed by atoms with E-state index < -0.39 is 0 Å². The maximum Gasteiger partial charge on any atom is 0.162 e. The van der Waals surface area contributed by atoms with Crippen molar-refractivity contribution in [3.63, 3.8) is 0 Å². The number of halogens is 1. The number of hydrogen-bond donors (Lipinski definition) is 0. The summed E-state index contributed by atoms with van der Waals surface area (Å²) in [4.78, 5) is 11.6. The van der Waals surface area contributed by atoms with Crippen molar-refractivity contribution in [2.24, 2.45) is 5.92 Å². The maximum atomic E-state index is 11.6. The van der Waals surface area contributed by atoms with Gasteiger partial charge in [0.25, 0.3) is 0 Å². The van der Waals surface area contributed by atoms with E-state index in [9.17, 15) is 4.79 Å². The number of hydrogen-bond acceptors (Lipinski definition) is 1. The van der Waals surface area contributed by atoms with Crippen LogP contribution in [0.5, 0.6) is 0 Å². The molecule has 0 saturated carbocycles. The van der Waals surface area contributed by atoms with E-state index in [1.54, 1.807) is 0 Å². The van der Waals surface area contributed by atoms with Crippen LogP contribution in [0.3, 0.4) is 0 Å². The molecule has 2 nitrogen and oxygen atoms in total. The molecule has 1 unspecified atom stereocenters. The molecule has 1 fully saturated rings. The zero-order valence-electron chi connectivity index (χ0n) is 13.6. The summed E-state index contributed by atoms with van der Waals surface area (Å²) >= 11 is 0. The third-order valence-corrected chi connectivity index (χ3v) is 4.93. The Morgan fingerprint density at radius 1 is 1.14 bits per heavy atom. The number of piperidine rings is 1. The molecule has 0 radical (unpaired) electrons. The van der Waals surface area contributed by atoms with Gasteiger partial charge in [0.1, 0.15) is 0 Å². The van der Waals surface area contributed by atoms with Crippen molar-refractivity contribution in [1.82, 2.24) is 0 Å². The van der Waals surface area contributed by atoms with Gasteiger partial charge in [-0.15, -0.1) is 0 Å². The number of likely N-dealkylation sites (tertiary alicyclic amines) is 1. The number of ketones is 1. The van der Waals surface area contributed by atoms with E-state index in [1.165, 1.54) is 68.2 Å². The summed E-state index contributed by atoms with van der Waals surface area (Å²) in [6, 6.07) is 0. The molecule has 0 aromatic carbocycles. The quantitative estimate of drug-likeness (QED) is 0.366. The van der Waals surface area contributed by atoms with Crippen LogP contribution in [-0.2, 0) is 4.79 Å². The summed E-state index contributed by atoms with van der Waals surface area (Å²) in [5.74, 6) is 0.358. The van der Waals surface area contributed by atoms with E-state index >= 15 is 0 Å². The Morgan fingerprint density at radius 2 is 1.86 bits per heavy atom. The maximum absolute atomic E-state index is 11.6. The Balaban J connectivity index is 0.00000220. The normalized spacial score (nSPS) is 24.4. The molecule has 1 saturated heterocycles. The first-order chi connectivity index (χ1) is 9.59. The smallest absolute Gasteiger partial charge is 0.162 e. The van der Waals surface area contributed by atoms with Gasteiger partial charge >= 0.3 is 0 Å². The monoisotopic (exact) mass is 403 g/mol. The average Bonchev–Trinajstić information content (AvgIpc) is 2.43. The van der Waals surface area contributed by atoms with Gasteiger partial charge in [-0.1, -0.05) is 19.1 Å². The molecule has 1 heterocycles. The molecule has 21 heavy (non-hydrogen) atoms. The van der Waals surface area contributed by atoms with E-state index in [4.69, 9.17) is 0 Å². The first kappa shape index (κ1) is 18.9. The van der Waals surface area contributed by atoms with Crippen LogP contribution in [0.25, 0.3) is 0 Å². The molecule has 2 aliphatic rings. The number of allylic oxidation sites excluding steroid dienone is 4. The summed E-state index contributed by atoms with van der Waals surface area (Å²) < 4.78 is 1.29. The Morgan fingerprint density at radius 3 is 2.52 bits per heavy atom. The summed E-state index contributed by atoms with van der Waals surface area (Å²) in [5, 5.41) is 0. The van der Waals surface area contributed by atoms with Gasteiger partial charge in [0, 0.05) is 5.92 Å². The van der Waals surface area contributed by atoms with Gasteiger partial charge in [0.05, 0.1) is 26.7 Å². The third-order valence-electron chi connectivity index (χ3n) is 4.93. The Bertz CT molecular complexity index is 394. The highest BCUT2D eigenvalue weighted by atomic mass is 127. The lowest BCUT2D eigenvalue weighted by atomic mass is 9.94. The van der Waals surface area contributed by atoms with E-state index in [0.29, 0.717) is 0 Å². The number of unbranched alkanes of at least 4 members (excludes halogenated alkanes) is 2. The number of carbonyl (C=O) groups excluding carboxylic acids is 1. The largest absolute Gasteiger partial charge is 1.00 e. The molecule has 0 spiro atoms. The second-order valence-corrected chi connectivity index (χ2v) is 6.93. The number of nitrogens with zero attached hydrogens (tertiary/aromatic N) is 1. The Hall–Kier alpha value is -0.160. The fourth-order valence-corrected chi connectivity index (χ4v) is 3.38. The topological polar surface area (TPSA) is 17.1 Å². The van der Waals surface area contributed by atoms with Crippen LogP contribution in [0, 0.1) is 5.92 Å². The van der Waals surface area contributed by atoms with Crippen LogP contribution in [0.15, 0.2) is 23.8 Å². The fourth-order valence-electron chi connectivity index (χ4n) is 3.38. The molecule has 1 aliphatic carbocycles. The Labute approximate surface area is 147 Å². The molecule has 0 aromatic rings. The molecule has 0 N–H and O–H groups in total. The lowest BCUT2D eigenvalue weighted by molar-refractivity contribution is -0.914. The van der Waals surface area contributed by atoms with E-state index in [2.05, 4.69) is 13.1 Å². The summed E-state index contributed by atoms with van der Waals surface area (Å²) in [6.45, 7) is 6.06. The zero-order chi connectivity index (χ0) is 14.4. The molecule has 3 heteroatoms. The number of carbonyl (C=O) groups is 1. The highest BCUT2D eigenvalue weighted by Crippen LogP contribution is 2.20.